The molecule has 0 bridgehead atoms. The first-order valence-corrected chi connectivity index (χ1v) is 4.45. The van der Waals surface area contributed by atoms with E-state index >= 15 is 0 Å². The van der Waals surface area contributed by atoms with Crippen LogP contribution in [0.2, 0.25) is 0 Å². The van der Waals surface area contributed by atoms with Crippen molar-refractivity contribution >= 4 is 5.97 Å². The Labute approximate surface area is 82.3 Å². The zero-order valence-corrected chi connectivity index (χ0v) is 8.14. The lowest BCUT2D eigenvalue weighted by Crippen LogP contribution is -2.06. The maximum Gasteiger partial charge on any atom is 0.305 e. The van der Waals surface area contributed by atoms with Gasteiger partial charge < -0.3 is 14.4 Å². The number of methoxy groups -OCH3 is 1. The normalized spacial score (nSPS) is 10.1. The highest BCUT2D eigenvalue weighted by Gasteiger charge is 2.03. The standard InChI is InChI=1S/C9H14N2O3/c1-14-9(13)3-2-5-11-6-4-10-8(11)7-12/h4,6,12H,2-3,5,7H2,1H3. The highest BCUT2D eigenvalue weighted by molar-refractivity contribution is 5.68. The van der Waals surface area contributed by atoms with E-state index < -0.39 is 0 Å². The average Bonchev–Trinajstić information content (AvgIpc) is 2.65. The number of aryl methyl sites for hydroxylation is 1. The molecule has 78 valence electrons. The minimum absolute atomic E-state index is 0.0782. The van der Waals surface area contributed by atoms with Gasteiger partial charge in [0.2, 0.25) is 0 Å². The molecule has 0 saturated carbocycles. The number of esters is 1. The Kier molecular flexibility index (Phi) is 4.12. The fourth-order valence-corrected chi connectivity index (χ4v) is 1.19. The van der Waals surface area contributed by atoms with Gasteiger partial charge in [0.05, 0.1) is 7.11 Å². The number of aliphatic hydroxyl groups is 1. The Morgan fingerprint density at radius 3 is 3.14 bits per heavy atom. The third-order valence-electron chi connectivity index (χ3n) is 1.95. The molecule has 0 saturated heterocycles. The summed E-state index contributed by atoms with van der Waals surface area (Å²) in [5, 5.41) is 8.89. The summed E-state index contributed by atoms with van der Waals surface area (Å²) < 4.78 is 6.34. The molecule has 5 nitrogen and oxygen atoms in total. The molecule has 0 fully saturated rings. The zero-order valence-electron chi connectivity index (χ0n) is 8.14. The number of carbonyl (C=O) groups excluding carboxylic acids is 1. The zero-order chi connectivity index (χ0) is 10.4. The first kappa shape index (κ1) is 10.7. The molecule has 0 aromatic carbocycles. The van der Waals surface area contributed by atoms with Crippen LogP contribution < -0.4 is 0 Å². The third-order valence-corrected chi connectivity index (χ3v) is 1.95. The minimum Gasteiger partial charge on any atom is -0.469 e. The Morgan fingerprint density at radius 2 is 2.50 bits per heavy atom. The molecular weight excluding hydrogens is 184 g/mol. The first-order valence-electron chi connectivity index (χ1n) is 4.45. The van der Waals surface area contributed by atoms with E-state index in [9.17, 15) is 4.79 Å². The van der Waals surface area contributed by atoms with Crippen LogP contribution in [-0.4, -0.2) is 27.7 Å². The largest absolute Gasteiger partial charge is 0.469 e. The number of nitrogens with zero attached hydrogens (tertiary/aromatic N) is 2. The molecule has 0 unspecified atom stereocenters. The second-order valence-electron chi connectivity index (χ2n) is 2.87. The van der Waals surface area contributed by atoms with Crippen molar-refractivity contribution in [1.29, 1.82) is 0 Å². The van der Waals surface area contributed by atoms with Crippen molar-refractivity contribution in [3.63, 3.8) is 0 Å². The van der Waals surface area contributed by atoms with Crippen molar-refractivity contribution in [2.24, 2.45) is 0 Å². The van der Waals surface area contributed by atoms with Crippen molar-refractivity contribution in [3.8, 4) is 0 Å². The number of carbonyl (C=O) groups is 1. The maximum absolute atomic E-state index is 10.8. The molecule has 1 rings (SSSR count). The van der Waals surface area contributed by atoms with Crippen molar-refractivity contribution < 1.29 is 14.6 Å². The van der Waals surface area contributed by atoms with Gasteiger partial charge >= 0.3 is 5.97 Å². The first-order chi connectivity index (χ1) is 6.77. The lowest BCUT2D eigenvalue weighted by molar-refractivity contribution is -0.140. The van der Waals surface area contributed by atoms with E-state index in [0.717, 1.165) is 0 Å². The molecule has 1 N–H and O–H groups in total. The van der Waals surface area contributed by atoms with E-state index in [4.69, 9.17) is 5.11 Å². The molecule has 1 aromatic rings. The average molecular weight is 198 g/mol. The molecule has 5 heteroatoms. The van der Waals surface area contributed by atoms with Crippen LogP contribution in [0.3, 0.4) is 0 Å². The van der Waals surface area contributed by atoms with E-state index in [1.54, 1.807) is 12.4 Å². The van der Waals surface area contributed by atoms with Gasteiger partial charge in [-0.15, -0.1) is 0 Å². The molecule has 1 heterocycles. The maximum atomic E-state index is 10.8. The molecule has 0 radical (unpaired) electrons. The number of aliphatic hydroxyl groups excluding tert-OH is 1. The van der Waals surface area contributed by atoms with Gasteiger partial charge in [-0.1, -0.05) is 0 Å². The van der Waals surface area contributed by atoms with Crippen LogP contribution in [0.5, 0.6) is 0 Å². The molecule has 0 atom stereocenters. The second kappa shape index (κ2) is 5.39. The van der Waals surface area contributed by atoms with E-state index in [-0.39, 0.29) is 12.6 Å². The Morgan fingerprint density at radius 1 is 1.71 bits per heavy atom. The fraction of sp³-hybridized carbons (Fsp3) is 0.556. The van der Waals surface area contributed by atoms with Gasteiger partial charge in [-0.05, 0) is 6.42 Å². The predicted molar refractivity (Wildman–Crippen MR) is 49.4 cm³/mol. The molecular formula is C9H14N2O3. The quantitative estimate of drug-likeness (QED) is 0.692. The summed E-state index contributed by atoms with van der Waals surface area (Å²) in [7, 11) is 1.37. The highest BCUT2D eigenvalue weighted by atomic mass is 16.5. The third kappa shape index (κ3) is 2.85. The van der Waals surface area contributed by atoms with Gasteiger partial charge in [-0.3, -0.25) is 4.79 Å². The summed E-state index contributed by atoms with van der Waals surface area (Å²) in [6.45, 7) is 0.593. The van der Waals surface area contributed by atoms with Gasteiger partial charge in [0.1, 0.15) is 12.4 Å². The van der Waals surface area contributed by atoms with Crippen molar-refractivity contribution in [2.75, 3.05) is 7.11 Å². The van der Waals surface area contributed by atoms with E-state index in [1.165, 1.54) is 7.11 Å². The van der Waals surface area contributed by atoms with Crippen LogP contribution in [0.4, 0.5) is 0 Å². The highest BCUT2D eigenvalue weighted by Crippen LogP contribution is 2.01. The number of ether oxygens (including phenoxy) is 1. The van der Waals surface area contributed by atoms with Crippen LogP contribution >= 0.6 is 0 Å². The number of aromatic nitrogens is 2. The molecule has 14 heavy (non-hydrogen) atoms. The van der Waals surface area contributed by atoms with Gasteiger partial charge in [0.25, 0.3) is 0 Å². The van der Waals surface area contributed by atoms with E-state index in [1.807, 2.05) is 4.57 Å². The van der Waals surface area contributed by atoms with Crippen molar-refractivity contribution in [1.82, 2.24) is 9.55 Å². The predicted octanol–water partition coefficient (Wildman–Crippen LogP) is 0.329. The van der Waals surface area contributed by atoms with Gasteiger partial charge in [0.15, 0.2) is 0 Å². The van der Waals surface area contributed by atoms with Crippen LogP contribution in [0, 0.1) is 0 Å². The summed E-state index contributed by atoms with van der Waals surface area (Å²) in [4.78, 5) is 14.7. The molecule has 0 amide bonds. The summed E-state index contributed by atoms with van der Waals surface area (Å²) in [5.41, 5.74) is 0. The number of hydrogen-bond acceptors (Lipinski definition) is 4. The second-order valence-corrected chi connectivity index (χ2v) is 2.87. The Balaban J connectivity index is 2.34. The number of rotatable bonds is 5. The Hall–Kier alpha value is -1.36. The van der Waals surface area contributed by atoms with Gasteiger partial charge in [-0.2, -0.15) is 0 Å². The van der Waals surface area contributed by atoms with E-state index in [0.29, 0.717) is 25.2 Å². The molecule has 1 aromatic heterocycles. The van der Waals surface area contributed by atoms with Gasteiger partial charge in [-0.25, -0.2) is 4.98 Å². The van der Waals surface area contributed by atoms with Crippen LogP contribution in [-0.2, 0) is 22.7 Å². The lowest BCUT2D eigenvalue weighted by Gasteiger charge is -2.04. The summed E-state index contributed by atoms with van der Waals surface area (Å²) in [6, 6.07) is 0. The van der Waals surface area contributed by atoms with Crippen molar-refractivity contribution in [3.05, 3.63) is 18.2 Å². The fourth-order valence-electron chi connectivity index (χ4n) is 1.19. The monoisotopic (exact) mass is 198 g/mol. The topological polar surface area (TPSA) is 64.4 Å². The minimum atomic E-state index is -0.212. The number of hydrogen-bond donors (Lipinski definition) is 1. The molecule has 0 aliphatic heterocycles. The molecule has 0 aliphatic rings. The summed E-state index contributed by atoms with van der Waals surface area (Å²) >= 11 is 0. The lowest BCUT2D eigenvalue weighted by atomic mass is 10.3. The Bertz CT molecular complexity index is 296. The molecule has 0 aliphatic carbocycles. The van der Waals surface area contributed by atoms with E-state index in [2.05, 4.69) is 9.72 Å². The number of imidazole rings is 1. The van der Waals surface area contributed by atoms with Crippen molar-refractivity contribution in [2.45, 2.75) is 26.0 Å². The SMILES string of the molecule is COC(=O)CCCn1ccnc1CO. The van der Waals surface area contributed by atoms with Crippen LogP contribution in [0.25, 0.3) is 0 Å². The smallest absolute Gasteiger partial charge is 0.305 e. The van der Waals surface area contributed by atoms with Crippen LogP contribution in [0.15, 0.2) is 12.4 Å². The molecule has 0 spiro atoms. The summed E-state index contributed by atoms with van der Waals surface area (Å²) in [6.07, 6.45) is 4.49. The van der Waals surface area contributed by atoms with Crippen LogP contribution in [0.1, 0.15) is 18.7 Å². The van der Waals surface area contributed by atoms with Gasteiger partial charge in [0, 0.05) is 25.4 Å². The summed E-state index contributed by atoms with van der Waals surface area (Å²) in [5.74, 6) is 0.408.